The second-order valence-electron chi connectivity index (χ2n) is 6.97. The van der Waals surface area contributed by atoms with E-state index in [0.29, 0.717) is 37.6 Å². The summed E-state index contributed by atoms with van der Waals surface area (Å²) in [6, 6.07) is 2.00. The molecule has 0 N–H and O–H groups in total. The fourth-order valence-corrected chi connectivity index (χ4v) is 5.47. The minimum Gasteiger partial charge on any atom is -0.360 e. The van der Waals surface area contributed by atoms with Gasteiger partial charge in [-0.05, 0) is 26.7 Å². The molecule has 0 spiro atoms. The van der Waals surface area contributed by atoms with Crippen LogP contribution in [0.5, 0.6) is 0 Å². The lowest BCUT2D eigenvalue weighted by molar-refractivity contribution is 0.378. The number of aryl methyl sites for hydroxylation is 2. The van der Waals surface area contributed by atoms with E-state index in [1.54, 1.807) is 20.2 Å². The normalized spacial score (nSPS) is 19.0. The molecule has 2 fully saturated rings. The van der Waals surface area contributed by atoms with E-state index in [1.807, 2.05) is 6.07 Å². The molecule has 9 nitrogen and oxygen atoms in total. The van der Waals surface area contributed by atoms with Gasteiger partial charge >= 0.3 is 0 Å². The van der Waals surface area contributed by atoms with Gasteiger partial charge in [0.15, 0.2) is 5.76 Å². The van der Waals surface area contributed by atoms with E-state index >= 15 is 0 Å². The Balaban J connectivity index is 1.47. The van der Waals surface area contributed by atoms with Crippen LogP contribution in [0.2, 0.25) is 0 Å². The highest BCUT2D eigenvalue weighted by atomic mass is 32.2. The first-order valence-corrected chi connectivity index (χ1v) is 10.7. The quantitative estimate of drug-likeness (QED) is 0.766. The Labute approximate surface area is 159 Å². The van der Waals surface area contributed by atoms with Gasteiger partial charge in [-0.2, -0.15) is 4.31 Å². The molecular formula is C17H24N6O3S. The molecule has 0 atom stereocenters. The van der Waals surface area contributed by atoms with Crippen molar-refractivity contribution in [1.82, 2.24) is 19.4 Å². The zero-order valence-electron chi connectivity index (χ0n) is 15.6. The average molecular weight is 392 g/mol. The molecule has 2 aliphatic heterocycles. The van der Waals surface area contributed by atoms with Crippen molar-refractivity contribution in [3.63, 3.8) is 0 Å². The lowest BCUT2D eigenvalue weighted by atomic mass is 10.3. The lowest BCUT2D eigenvalue weighted by Gasteiger charge is -2.34. The van der Waals surface area contributed by atoms with Crippen molar-refractivity contribution in [2.24, 2.45) is 0 Å². The van der Waals surface area contributed by atoms with Crippen LogP contribution in [0.15, 0.2) is 21.8 Å². The van der Waals surface area contributed by atoms with Crippen molar-refractivity contribution >= 4 is 21.7 Å². The molecule has 0 aliphatic carbocycles. The van der Waals surface area contributed by atoms with E-state index in [4.69, 9.17) is 4.52 Å². The standard InChI is InChI=1S/C17H24N6O3S/c1-13-17(14(2)26-20-13)27(24,25)23-9-7-22(8-10-23)16-11-15(18-12-19-16)21-5-3-4-6-21/h11-12H,3-10H2,1-2H3. The number of sulfonamides is 1. The highest BCUT2D eigenvalue weighted by Gasteiger charge is 2.33. The van der Waals surface area contributed by atoms with Crippen LogP contribution in [0.3, 0.4) is 0 Å². The lowest BCUT2D eigenvalue weighted by Crippen LogP contribution is -2.49. The predicted molar refractivity (Wildman–Crippen MR) is 100 cm³/mol. The maximum atomic E-state index is 12.9. The summed E-state index contributed by atoms with van der Waals surface area (Å²) in [6.07, 6.45) is 3.98. The van der Waals surface area contributed by atoms with Gasteiger partial charge in [0.25, 0.3) is 0 Å². The Bertz CT molecular complexity index is 895. The highest BCUT2D eigenvalue weighted by Crippen LogP contribution is 2.26. The van der Waals surface area contributed by atoms with Crippen LogP contribution < -0.4 is 9.80 Å². The monoisotopic (exact) mass is 392 g/mol. The zero-order chi connectivity index (χ0) is 19.0. The first-order chi connectivity index (χ1) is 13.0. The van der Waals surface area contributed by atoms with Crippen LogP contribution in [-0.2, 0) is 10.0 Å². The van der Waals surface area contributed by atoms with Crippen LogP contribution in [0, 0.1) is 13.8 Å². The summed E-state index contributed by atoms with van der Waals surface area (Å²) in [5.74, 6) is 2.13. The number of hydrogen-bond acceptors (Lipinski definition) is 8. The minimum atomic E-state index is -3.60. The highest BCUT2D eigenvalue weighted by molar-refractivity contribution is 7.89. The first kappa shape index (κ1) is 18.2. The smallest absolute Gasteiger partial charge is 0.248 e. The van der Waals surface area contributed by atoms with Crippen LogP contribution in [0.1, 0.15) is 24.3 Å². The number of nitrogens with zero attached hydrogens (tertiary/aromatic N) is 6. The fourth-order valence-electron chi connectivity index (χ4n) is 3.76. The van der Waals surface area contributed by atoms with Gasteiger partial charge < -0.3 is 14.3 Å². The molecule has 2 aliphatic rings. The predicted octanol–water partition coefficient (Wildman–Crippen LogP) is 1.19. The summed E-state index contributed by atoms with van der Waals surface area (Å²) in [6.45, 7) is 7.30. The van der Waals surface area contributed by atoms with Crippen LogP contribution in [0.4, 0.5) is 11.6 Å². The van der Waals surface area contributed by atoms with Crippen LogP contribution in [-0.4, -0.2) is 67.1 Å². The van der Waals surface area contributed by atoms with Gasteiger partial charge in [0.2, 0.25) is 10.0 Å². The Morgan fingerprint density at radius 1 is 0.926 bits per heavy atom. The number of piperazine rings is 1. The Morgan fingerprint density at radius 2 is 1.52 bits per heavy atom. The van der Waals surface area contributed by atoms with Gasteiger partial charge in [0, 0.05) is 45.3 Å². The molecule has 0 unspecified atom stereocenters. The summed E-state index contributed by atoms with van der Waals surface area (Å²) in [5, 5.41) is 3.77. The Hall–Kier alpha value is -2.20. The van der Waals surface area contributed by atoms with E-state index in [-0.39, 0.29) is 4.90 Å². The summed E-state index contributed by atoms with van der Waals surface area (Å²) in [7, 11) is -3.60. The second-order valence-corrected chi connectivity index (χ2v) is 8.85. The van der Waals surface area contributed by atoms with E-state index in [2.05, 4.69) is 24.9 Å². The maximum Gasteiger partial charge on any atom is 0.248 e. The van der Waals surface area contributed by atoms with Gasteiger partial charge in [-0.15, -0.1) is 0 Å². The fraction of sp³-hybridized carbons (Fsp3) is 0.588. The molecule has 4 rings (SSSR count). The molecule has 27 heavy (non-hydrogen) atoms. The van der Waals surface area contributed by atoms with E-state index in [0.717, 1.165) is 24.7 Å². The molecule has 0 radical (unpaired) electrons. The third-order valence-corrected chi connectivity index (χ3v) is 7.34. The van der Waals surface area contributed by atoms with Crippen molar-refractivity contribution in [3.05, 3.63) is 23.8 Å². The Morgan fingerprint density at radius 3 is 2.07 bits per heavy atom. The number of hydrogen-bond donors (Lipinski definition) is 0. The number of aromatic nitrogens is 3. The molecule has 4 heterocycles. The summed E-state index contributed by atoms with van der Waals surface area (Å²) < 4.78 is 32.4. The van der Waals surface area contributed by atoms with Crippen molar-refractivity contribution in [2.75, 3.05) is 49.1 Å². The van der Waals surface area contributed by atoms with Crippen molar-refractivity contribution in [3.8, 4) is 0 Å². The van der Waals surface area contributed by atoms with Gasteiger partial charge in [-0.3, -0.25) is 0 Å². The molecule has 0 bridgehead atoms. The molecule has 2 aromatic rings. The third kappa shape index (κ3) is 3.39. The largest absolute Gasteiger partial charge is 0.360 e. The second kappa shape index (κ2) is 7.08. The van der Waals surface area contributed by atoms with Gasteiger partial charge in [-0.1, -0.05) is 5.16 Å². The topological polar surface area (TPSA) is 95.7 Å². The molecule has 146 valence electrons. The summed E-state index contributed by atoms with van der Waals surface area (Å²) in [5.41, 5.74) is 0.404. The number of anilines is 2. The zero-order valence-corrected chi connectivity index (χ0v) is 16.4. The summed E-state index contributed by atoms with van der Waals surface area (Å²) >= 11 is 0. The molecule has 0 amide bonds. The molecule has 0 saturated carbocycles. The van der Waals surface area contributed by atoms with E-state index < -0.39 is 10.0 Å². The molecule has 2 aromatic heterocycles. The molecule has 2 saturated heterocycles. The van der Waals surface area contributed by atoms with Gasteiger partial charge in [0.1, 0.15) is 28.6 Å². The maximum absolute atomic E-state index is 12.9. The van der Waals surface area contributed by atoms with Crippen molar-refractivity contribution in [2.45, 2.75) is 31.6 Å². The third-order valence-electron chi connectivity index (χ3n) is 5.20. The van der Waals surface area contributed by atoms with E-state index in [1.165, 1.54) is 17.1 Å². The van der Waals surface area contributed by atoms with Crippen LogP contribution in [0.25, 0.3) is 0 Å². The van der Waals surface area contributed by atoms with Gasteiger partial charge in [-0.25, -0.2) is 18.4 Å². The van der Waals surface area contributed by atoms with Gasteiger partial charge in [0.05, 0.1) is 0 Å². The van der Waals surface area contributed by atoms with E-state index in [9.17, 15) is 8.42 Å². The minimum absolute atomic E-state index is 0.189. The first-order valence-electron chi connectivity index (χ1n) is 9.22. The van der Waals surface area contributed by atoms with Crippen molar-refractivity contribution in [1.29, 1.82) is 0 Å². The van der Waals surface area contributed by atoms with Crippen molar-refractivity contribution < 1.29 is 12.9 Å². The Kier molecular flexibility index (Phi) is 4.77. The SMILES string of the molecule is Cc1noc(C)c1S(=O)(=O)N1CCN(c2cc(N3CCCC3)ncn2)CC1. The number of rotatable bonds is 4. The van der Waals surface area contributed by atoms with Crippen LogP contribution >= 0.6 is 0 Å². The average Bonchev–Trinajstić information content (AvgIpc) is 3.32. The molecule has 10 heteroatoms. The molecule has 0 aromatic carbocycles. The summed E-state index contributed by atoms with van der Waals surface area (Å²) in [4.78, 5) is 13.4. The molecular weight excluding hydrogens is 368 g/mol.